The number of hydrogen-bond acceptors (Lipinski definition) is 1. The molecular formula is C12H14N2S. The zero-order chi connectivity index (χ0) is 10.8. The van der Waals surface area contributed by atoms with E-state index in [0.29, 0.717) is 0 Å². The van der Waals surface area contributed by atoms with Gasteiger partial charge in [-0.3, -0.25) is 0 Å². The Labute approximate surface area is 94.6 Å². The summed E-state index contributed by atoms with van der Waals surface area (Å²) in [5, 5.41) is 0. The SMILES string of the molecule is Cc1ccc(C(C)n2cc[nH]c2=S)cc1. The number of rotatable bonds is 2. The summed E-state index contributed by atoms with van der Waals surface area (Å²) in [5.41, 5.74) is 2.56. The molecule has 0 spiro atoms. The zero-order valence-corrected chi connectivity index (χ0v) is 9.71. The van der Waals surface area contributed by atoms with Gasteiger partial charge in [-0.25, -0.2) is 0 Å². The van der Waals surface area contributed by atoms with E-state index in [2.05, 4.69) is 47.7 Å². The van der Waals surface area contributed by atoms with Gasteiger partial charge in [-0.2, -0.15) is 0 Å². The smallest absolute Gasteiger partial charge is 0.177 e. The molecule has 1 heterocycles. The lowest BCUT2D eigenvalue weighted by Gasteiger charge is -2.13. The maximum absolute atomic E-state index is 5.19. The Bertz CT molecular complexity index is 493. The average Bonchev–Trinajstić information content (AvgIpc) is 2.65. The van der Waals surface area contributed by atoms with Gasteiger partial charge in [-0.15, -0.1) is 0 Å². The minimum atomic E-state index is 0.282. The Morgan fingerprint density at radius 2 is 1.93 bits per heavy atom. The fourth-order valence-electron chi connectivity index (χ4n) is 1.64. The molecule has 1 N–H and O–H groups in total. The van der Waals surface area contributed by atoms with Crippen LogP contribution < -0.4 is 0 Å². The highest BCUT2D eigenvalue weighted by atomic mass is 32.1. The van der Waals surface area contributed by atoms with Crippen LogP contribution in [0.3, 0.4) is 0 Å². The van der Waals surface area contributed by atoms with Gasteiger partial charge in [-0.1, -0.05) is 29.8 Å². The minimum Gasteiger partial charge on any atom is -0.337 e. The topological polar surface area (TPSA) is 20.7 Å². The monoisotopic (exact) mass is 218 g/mol. The number of H-pyrrole nitrogens is 1. The summed E-state index contributed by atoms with van der Waals surface area (Å²) >= 11 is 5.19. The van der Waals surface area contributed by atoms with Crippen molar-refractivity contribution in [1.29, 1.82) is 0 Å². The van der Waals surface area contributed by atoms with E-state index in [4.69, 9.17) is 12.2 Å². The van der Waals surface area contributed by atoms with Crippen molar-refractivity contribution < 1.29 is 0 Å². The van der Waals surface area contributed by atoms with Gasteiger partial charge < -0.3 is 9.55 Å². The number of benzene rings is 1. The molecule has 0 aliphatic heterocycles. The number of aromatic amines is 1. The van der Waals surface area contributed by atoms with Gasteiger partial charge in [0.1, 0.15) is 0 Å². The van der Waals surface area contributed by atoms with Gasteiger partial charge in [0.15, 0.2) is 4.77 Å². The second kappa shape index (κ2) is 4.03. The Balaban J connectivity index is 2.36. The first-order valence-corrected chi connectivity index (χ1v) is 5.41. The summed E-state index contributed by atoms with van der Waals surface area (Å²) < 4.78 is 2.82. The van der Waals surface area contributed by atoms with E-state index in [0.717, 1.165) is 4.77 Å². The number of aryl methyl sites for hydroxylation is 1. The van der Waals surface area contributed by atoms with Crippen LogP contribution in [-0.4, -0.2) is 9.55 Å². The molecule has 1 aromatic heterocycles. The first-order valence-electron chi connectivity index (χ1n) is 5.00. The molecule has 0 fully saturated rings. The highest BCUT2D eigenvalue weighted by Gasteiger charge is 2.07. The van der Waals surface area contributed by atoms with Crippen molar-refractivity contribution in [3.63, 3.8) is 0 Å². The van der Waals surface area contributed by atoms with E-state index in [1.165, 1.54) is 11.1 Å². The third-order valence-electron chi connectivity index (χ3n) is 2.65. The Morgan fingerprint density at radius 1 is 1.27 bits per heavy atom. The van der Waals surface area contributed by atoms with Crippen LogP contribution in [0.15, 0.2) is 36.7 Å². The largest absolute Gasteiger partial charge is 0.337 e. The predicted octanol–water partition coefficient (Wildman–Crippen LogP) is 3.46. The van der Waals surface area contributed by atoms with Crippen molar-refractivity contribution in [3.8, 4) is 0 Å². The molecule has 2 aromatic rings. The molecule has 2 nitrogen and oxygen atoms in total. The van der Waals surface area contributed by atoms with E-state index in [-0.39, 0.29) is 6.04 Å². The van der Waals surface area contributed by atoms with Crippen LogP contribution in [0.25, 0.3) is 0 Å². The summed E-state index contributed by atoms with van der Waals surface area (Å²) in [7, 11) is 0. The molecule has 3 heteroatoms. The second-order valence-corrected chi connectivity index (χ2v) is 4.15. The van der Waals surface area contributed by atoms with Crippen LogP contribution in [0.2, 0.25) is 0 Å². The number of imidazole rings is 1. The molecule has 78 valence electrons. The average molecular weight is 218 g/mol. The highest BCUT2D eigenvalue weighted by molar-refractivity contribution is 7.71. The minimum absolute atomic E-state index is 0.282. The number of hydrogen-bond donors (Lipinski definition) is 1. The number of aromatic nitrogens is 2. The summed E-state index contributed by atoms with van der Waals surface area (Å²) in [5.74, 6) is 0. The molecule has 0 bridgehead atoms. The molecule has 2 rings (SSSR count). The normalized spacial score (nSPS) is 12.7. The third-order valence-corrected chi connectivity index (χ3v) is 2.98. The molecule has 0 aliphatic carbocycles. The Kier molecular flexibility index (Phi) is 2.73. The molecular weight excluding hydrogens is 204 g/mol. The molecule has 1 atom stereocenters. The lowest BCUT2D eigenvalue weighted by molar-refractivity contribution is 0.630. The van der Waals surface area contributed by atoms with Crippen molar-refractivity contribution in [1.82, 2.24) is 9.55 Å². The van der Waals surface area contributed by atoms with Crippen LogP contribution in [0.4, 0.5) is 0 Å². The molecule has 15 heavy (non-hydrogen) atoms. The van der Waals surface area contributed by atoms with Crippen LogP contribution >= 0.6 is 12.2 Å². The summed E-state index contributed by atoms with van der Waals surface area (Å²) in [6.45, 7) is 4.24. The lowest BCUT2D eigenvalue weighted by atomic mass is 10.1. The highest BCUT2D eigenvalue weighted by Crippen LogP contribution is 2.18. The van der Waals surface area contributed by atoms with Crippen LogP contribution in [0, 0.1) is 11.7 Å². The fraction of sp³-hybridized carbons (Fsp3) is 0.250. The van der Waals surface area contributed by atoms with E-state index >= 15 is 0 Å². The molecule has 1 aromatic carbocycles. The van der Waals surface area contributed by atoms with E-state index in [1.807, 2.05) is 12.4 Å². The summed E-state index contributed by atoms with van der Waals surface area (Å²) in [6.07, 6.45) is 3.85. The molecule has 0 saturated heterocycles. The van der Waals surface area contributed by atoms with Crippen molar-refractivity contribution >= 4 is 12.2 Å². The van der Waals surface area contributed by atoms with E-state index < -0.39 is 0 Å². The Morgan fingerprint density at radius 3 is 2.47 bits per heavy atom. The number of nitrogens with one attached hydrogen (secondary N) is 1. The summed E-state index contributed by atoms with van der Waals surface area (Å²) in [6, 6.07) is 8.83. The van der Waals surface area contributed by atoms with Gasteiger partial charge in [-0.05, 0) is 31.6 Å². The van der Waals surface area contributed by atoms with E-state index in [1.54, 1.807) is 0 Å². The standard InChI is InChI=1S/C12H14N2S/c1-9-3-5-11(6-4-9)10(2)14-8-7-13-12(14)15/h3-8,10H,1-2H3,(H,13,15). The molecule has 0 saturated carbocycles. The third kappa shape index (κ3) is 2.02. The van der Waals surface area contributed by atoms with Crippen molar-refractivity contribution in [2.45, 2.75) is 19.9 Å². The van der Waals surface area contributed by atoms with Crippen LogP contribution in [0.5, 0.6) is 0 Å². The van der Waals surface area contributed by atoms with Crippen LogP contribution in [-0.2, 0) is 0 Å². The van der Waals surface area contributed by atoms with Gasteiger partial charge in [0, 0.05) is 12.4 Å². The maximum Gasteiger partial charge on any atom is 0.177 e. The first-order chi connectivity index (χ1) is 7.18. The van der Waals surface area contributed by atoms with Gasteiger partial charge >= 0.3 is 0 Å². The summed E-state index contributed by atoms with van der Waals surface area (Å²) in [4.78, 5) is 3.01. The van der Waals surface area contributed by atoms with Crippen molar-refractivity contribution in [2.75, 3.05) is 0 Å². The second-order valence-electron chi connectivity index (χ2n) is 3.76. The van der Waals surface area contributed by atoms with Crippen LogP contribution in [0.1, 0.15) is 24.1 Å². The number of nitrogens with zero attached hydrogens (tertiary/aromatic N) is 1. The fourth-order valence-corrected chi connectivity index (χ4v) is 1.93. The van der Waals surface area contributed by atoms with Crippen molar-refractivity contribution in [3.05, 3.63) is 52.6 Å². The zero-order valence-electron chi connectivity index (χ0n) is 8.90. The van der Waals surface area contributed by atoms with E-state index in [9.17, 15) is 0 Å². The lowest BCUT2D eigenvalue weighted by Crippen LogP contribution is -2.05. The molecule has 1 unspecified atom stereocenters. The van der Waals surface area contributed by atoms with Crippen molar-refractivity contribution in [2.24, 2.45) is 0 Å². The molecule has 0 aliphatic rings. The Hall–Kier alpha value is -1.35. The molecule has 0 radical (unpaired) electrons. The maximum atomic E-state index is 5.19. The van der Waals surface area contributed by atoms with Gasteiger partial charge in [0.25, 0.3) is 0 Å². The molecule has 0 amide bonds. The van der Waals surface area contributed by atoms with Gasteiger partial charge in [0.05, 0.1) is 6.04 Å². The predicted molar refractivity (Wildman–Crippen MR) is 64.6 cm³/mol. The first kappa shape index (κ1) is 10.2. The quantitative estimate of drug-likeness (QED) is 0.765. The van der Waals surface area contributed by atoms with Gasteiger partial charge in [0.2, 0.25) is 0 Å².